The maximum atomic E-state index is 13.3. The van der Waals surface area contributed by atoms with Crippen LogP contribution in [0.4, 0.5) is 23.9 Å². The molecule has 10 nitrogen and oxygen atoms in total. The van der Waals surface area contributed by atoms with E-state index in [4.69, 9.17) is 15.0 Å². The average molecular weight is 607 g/mol. The van der Waals surface area contributed by atoms with E-state index in [1.807, 2.05) is 24.3 Å². The molecule has 1 unspecified atom stereocenters. The highest BCUT2D eigenvalue weighted by molar-refractivity contribution is 9.10. The highest BCUT2D eigenvalue weighted by Crippen LogP contribution is 2.43. The Morgan fingerprint density at radius 1 is 1.05 bits per heavy atom. The van der Waals surface area contributed by atoms with Crippen LogP contribution < -0.4 is 5.32 Å². The molecule has 0 saturated heterocycles. The Balaban J connectivity index is 0.000000448. The zero-order valence-electron chi connectivity index (χ0n) is 19.5. The van der Waals surface area contributed by atoms with Crippen LogP contribution in [-0.4, -0.2) is 54.3 Å². The summed E-state index contributed by atoms with van der Waals surface area (Å²) in [7, 11) is 0. The third-order valence-corrected chi connectivity index (χ3v) is 6.24. The van der Waals surface area contributed by atoms with Gasteiger partial charge in [-0.15, -0.1) is 0 Å². The summed E-state index contributed by atoms with van der Waals surface area (Å²) >= 11 is 3.45. The summed E-state index contributed by atoms with van der Waals surface area (Å²) in [4.78, 5) is 41.7. The Labute approximate surface area is 225 Å². The number of hydrogen-bond acceptors (Lipinski definition) is 5. The number of H-pyrrole nitrogens is 1. The van der Waals surface area contributed by atoms with E-state index in [-0.39, 0.29) is 18.4 Å². The van der Waals surface area contributed by atoms with Gasteiger partial charge in [-0.05, 0) is 35.9 Å². The van der Waals surface area contributed by atoms with Gasteiger partial charge in [-0.25, -0.2) is 14.6 Å². The first-order valence-electron chi connectivity index (χ1n) is 11.0. The molecule has 4 aromatic rings. The maximum absolute atomic E-state index is 13.3. The molecule has 1 aliphatic heterocycles. The summed E-state index contributed by atoms with van der Waals surface area (Å²) in [5, 5.41) is 30.3. The lowest BCUT2D eigenvalue weighted by molar-refractivity contribution is -0.192. The van der Waals surface area contributed by atoms with E-state index in [2.05, 4.69) is 31.2 Å². The standard InChI is InChI=1S/C23H17BrN4O4.C2HF3O2/c24-15-5-3-4-13(10-15)12-28-20(29)16-6-1-2-7-17(16)23(28,32)14-8-9-18-19(11-14)26-21(25-18)27-22(30)31;3-2(4,5)1(6)7/h1-11,32H,12H2,(H,30,31)(H2,25,26,27);(H,6,7). The van der Waals surface area contributed by atoms with Gasteiger partial charge in [0.1, 0.15) is 0 Å². The van der Waals surface area contributed by atoms with E-state index in [0.29, 0.717) is 27.7 Å². The van der Waals surface area contributed by atoms with Crippen molar-refractivity contribution in [3.05, 3.63) is 93.5 Å². The Kier molecular flexibility index (Phi) is 7.35. The van der Waals surface area contributed by atoms with Crippen molar-refractivity contribution in [2.45, 2.75) is 18.4 Å². The summed E-state index contributed by atoms with van der Waals surface area (Å²) in [5.41, 5.74) is 1.58. The number of amides is 2. The SMILES string of the molecule is O=C(O)C(F)(F)F.O=C(O)Nc1nc2ccc(C3(O)c4ccccc4C(=O)N3Cc3cccc(Br)c3)cc2[nH]1. The number of halogens is 4. The minimum atomic E-state index is -5.08. The van der Waals surface area contributed by atoms with Gasteiger partial charge in [0.05, 0.1) is 11.0 Å². The third-order valence-electron chi connectivity index (χ3n) is 5.75. The van der Waals surface area contributed by atoms with Crippen molar-refractivity contribution in [2.24, 2.45) is 0 Å². The van der Waals surface area contributed by atoms with Crippen molar-refractivity contribution in [1.82, 2.24) is 14.9 Å². The number of imidazole rings is 1. The number of benzene rings is 3. The van der Waals surface area contributed by atoms with E-state index in [1.165, 1.54) is 4.90 Å². The number of aliphatic hydroxyl groups is 1. The van der Waals surface area contributed by atoms with Gasteiger partial charge in [-0.1, -0.05) is 52.3 Å². The van der Waals surface area contributed by atoms with Crippen molar-refractivity contribution < 1.29 is 42.9 Å². The monoisotopic (exact) mass is 606 g/mol. The molecule has 0 aliphatic carbocycles. The molecule has 0 fully saturated rings. The predicted octanol–water partition coefficient (Wildman–Crippen LogP) is 4.90. The number of carbonyl (C=O) groups is 3. The largest absolute Gasteiger partial charge is 0.490 e. The molecule has 0 spiro atoms. The molecule has 14 heteroatoms. The normalized spacial score (nSPS) is 16.4. The first-order valence-corrected chi connectivity index (χ1v) is 11.8. The molecule has 5 N–H and O–H groups in total. The first-order chi connectivity index (χ1) is 18.3. The second kappa shape index (κ2) is 10.4. The van der Waals surface area contributed by atoms with Gasteiger partial charge >= 0.3 is 18.2 Å². The quantitative estimate of drug-likeness (QED) is 0.221. The number of nitrogens with zero attached hydrogens (tertiary/aromatic N) is 2. The second-order valence-corrected chi connectivity index (χ2v) is 9.21. The van der Waals surface area contributed by atoms with E-state index in [9.17, 15) is 27.9 Å². The number of fused-ring (bicyclic) bond motifs is 2. The fourth-order valence-electron chi connectivity index (χ4n) is 4.11. The van der Waals surface area contributed by atoms with Gasteiger partial charge in [0.2, 0.25) is 5.95 Å². The molecule has 0 radical (unpaired) electrons. The third kappa shape index (κ3) is 5.56. The number of anilines is 1. The molecule has 1 aliphatic rings. The van der Waals surface area contributed by atoms with Crippen LogP contribution in [0.15, 0.2) is 71.2 Å². The molecule has 39 heavy (non-hydrogen) atoms. The fourth-order valence-corrected chi connectivity index (χ4v) is 4.56. The Bertz CT molecular complexity index is 1590. The zero-order chi connectivity index (χ0) is 28.5. The maximum Gasteiger partial charge on any atom is 0.490 e. The number of aliphatic carboxylic acids is 1. The van der Waals surface area contributed by atoms with Crippen LogP contribution in [0.3, 0.4) is 0 Å². The van der Waals surface area contributed by atoms with E-state index in [1.54, 1.807) is 42.5 Å². The Hall–Kier alpha value is -4.43. The van der Waals surface area contributed by atoms with Crippen LogP contribution in [0.25, 0.3) is 11.0 Å². The molecule has 5 rings (SSSR count). The number of hydrogen-bond donors (Lipinski definition) is 5. The van der Waals surface area contributed by atoms with Crippen LogP contribution in [0.1, 0.15) is 27.0 Å². The molecule has 2 heterocycles. The van der Waals surface area contributed by atoms with Crippen LogP contribution in [0.5, 0.6) is 0 Å². The fraction of sp³-hybridized carbons (Fsp3) is 0.120. The van der Waals surface area contributed by atoms with Crippen molar-refractivity contribution >= 4 is 50.9 Å². The van der Waals surface area contributed by atoms with Crippen molar-refractivity contribution in [3.63, 3.8) is 0 Å². The number of aromatic nitrogens is 2. The molecular weight excluding hydrogens is 589 g/mol. The lowest BCUT2D eigenvalue weighted by Crippen LogP contribution is -2.44. The van der Waals surface area contributed by atoms with Crippen LogP contribution in [-0.2, 0) is 17.1 Å². The second-order valence-electron chi connectivity index (χ2n) is 8.29. The highest BCUT2D eigenvalue weighted by Gasteiger charge is 2.49. The Morgan fingerprint density at radius 3 is 2.38 bits per heavy atom. The van der Waals surface area contributed by atoms with Gasteiger partial charge in [-0.3, -0.25) is 15.0 Å². The summed E-state index contributed by atoms with van der Waals surface area (Å²) in [6, 6.07) is 19.6. The van der Waals surface area contributed by atoms with Crippen LogP contribution >= 0.6 is 15.9 Å². The smallest absolute Gasteiger partial charge is 0.475 e. The van der Waals surface area contributed by atoms with Crippen LogP contribution in [0.2, 0.25) is 0 Å². The minimum Gasteiger partial charge on any atom is -0.475 e. The highest BCUT2D eigenvalue weighted by atomic mass is 79.9. The van der Waals surface area contributed by atoms with Gasteiger partial charge in [0.15, 0.2) is 5.72 Å². The molecule has 0 saturated carbocycles. The summed E-state index contributed by atoms with van der Waals surface area (Å²) in [5.74, 6) is -2.96. The molecule has 3 aromatic carbocycles. The topological polar surface area (TPSA) is 156 Å². The van der Waals surface area contributed by atoms with E-state index in [0.717, 1.165) is 10.0 Å². The average Bonchev–Trinajstić information content (AvgIpc) is 3.35. The first kappa shape index (κ1) is 27.6. The van der Waals surface area contributed by atoms with E-state index >= 15 is 0 Å². The number of alkyl halides is 3. The van der Waals surface area contributed by atoms with Gasteiger partial charge in [0.25, 0.3) is 5.91 Å². The number of rotatable bonds is 4. The van der Waals surface area contributed by atoms with Gasteiger partial charge in [-0.2, -0.15) is 13.2 Å². The summed E-state index contributed by atoms with van der Waals surface area (Å²) in [6.45, 7) is 0.191. The van der Waals surface area contributed by atoms with Crippen LogP contribution in [0, 0.1) is 0 Å². The molecule has 1 atom stereocenters. The molecule has 1 aromatic heterocycles. The van der Waals surface area contributed by atoms with Crippen molar-refractivity contribution in [1.29, 1.82) is 0 Å². The van der Waals surface area contributed by atoms with E-state index < -0.39 is 24.0 Å². The number of carbonyl (C=O) groups excluding carboxylic acids is 1. The van der Waals surface area contributed by atoms with Crippen molar-refractivity contribution in [3.8, 4) is 0 Å². The summed E-state index contributed by atoms with van der Waals surface area (Å²) < 4.78 is 32.6. The zero-order valence-corrected chi connectivity index (χ0v) is 21.1. The Morgan fingerprint density at radius 2 is 1.74 bits per heavy atom. The van der Waals surface area contributed by atoms with Crippen molar-refractivity contribution in [2.75, 3.05) is 5.32 Å². The molecule has 0 bridgehead atoms. The lowest BCUT2D eigenvalue weighted by atomic mass is 9.93. The lowest BCUT2D eigenvalue weighted by Gasteiger charge is -2.35. The molecular formula is C25H18BrF3N4O6. The predicted molar refractivity (Wildman–Crippen MR) is 135 cm³/mol. The molecule has 202 valence electrons. The number of carboxylic acid groups (broad SMARTS) is 2. The molecule has 2 amide bonds. The summed E-state index contributed by atoms with van der Waals surface area (Å²) in [6.07, 6.45) is -6.32. The van der Waals surface area contributed by atoms with Gasteiger partial charge < -0.3 is 20.3 Å². The van der Waals surface area contributed by atoms with Gasteiger partial charge in [0, 0.05) is 27.7 Å². The number of nitrogens with one attached hydrogen (secondary N) is 2. The number of aromatic amines is 1. The minimum absolute atomic E-state index is 0.0746. The number of carboxylic acids is 1.